The van der Waals surface area contributed by atoms with E-state index in [1.807, 2.05) is 13.8 Å². The van der Waals surface area contributed by atoms with Crippen LogP contribution in [0.2, 0.25) is 0 Å². The molecule has 7 heteroatoms. The summed E-state index contributed by atoms with van der Waals surface area (Å²) in [4.78, 5) is 11.5. The van der Waals surface area contributed by atoms with Gasteiger partial charge < -0.3 is 11.1 Å². The minimum absolute atomic E-state index is 0.00152. The fourth-order valence-electron chi connectivity index (χ4n) is 1.54. The Morgan fingerprint density at radius 3 is 2.40 bits per heavy atom. The smallest absolute Gasteiger partial charge is 0.238 e. The minimum atomic E-state index is -3.96. The number of carbonyl (C=O) groups excluding carboxylic acids is 1. The van der Waals surface area contributed by atoms with E-state index in [9.17, 15) is 17.6 Å². The summed E-state index contributed by atoms with van der Waals surface area (Å²) < 4.78 is 37.7. The van der Waals surface area contributed by atoms with Crippen molar-refractivity contribution >= 4 is 21.4 Å². The van der Waals surface area contributed by atoms with Crippen LogP contribution >= 0.6 is 0 Å². The van der Waals surface area contributed by atoms with E-state index < -0.39 is 26.8 Å². The van der Waals surface area contributed by atoms with Crippen molar-refractivity contribution < 1.29 is 17.6 Å². The van der Waals surface area contributed by atoms with Crippen molar-refractivity contribution in [1.29, 1.82) is 0 Å². The molecule has 1 atom stereocenters. The van der Waals surface area contributed by atoms with E-state index in [0.29, 0.717) is 6.54 Å². The van der Waals surface area contributed by atoms with Gasteiger partial charge >= 0.3 is 0 Å². The Kier molecular flexibility index (Phi) is 5.10. The lowest BCUT2D eigenvalue weighted by atomic mass is 10.2. The van der Waals surface area contributed by atoms with Crippen LogP contribution in [0.4, 0.5) is 10.1 Å². The highest BCUT2D eigenvalue weighted by Crippen LogP contribution is 2.20. The topological polar surface area (TPSA) is 89.3 Å². The van der Waals surface area contributed by atoms with Crippen molar-refractivity contribution in [2.75, 3.05) is 12.3 Å². The molecular weight excluding hydrogens is 283 g/mol. The van der Waals surface area contributed by atoms with Crippen LogP contribution in [-0.4, -0.2) is 26.1 Å². The summed E-state index contributed by atoms with van der Waals surface area (Å²) >= 11 is 0. The van der Waals surface area contributed by atoms with Gasteiger partial charge in [-0.1, -0.05) is 13.8 Å². The molecule has 5 nitrogen and oxygen atoms in total. The van der Waals surface area contributed by atoms with Crippen LogP contribution in [0.1, 0.15) is 20.8 Å². The molecule has 0 aliphatic rings. The first kappa shape index (κ1) is 16.4. The highest BCUT2D eigenvalue weighted by molar-refractivity contribution is 7.92. The minimum Gasteiger partial charge on any atom is -0.399 e. The largest absolute Gasteiger partial charge is 0.399 e. The van der Waals surface area contributed by atoms with Crippen LogP contribution in [0.25, 0.3) is 0 Å². The van der Waals surface area contributed by atoms with Gasteiger partial charge in [0.15, 0.2) is 9.84 Å². The van der Waals surface area contributed by atoms with E-state index in [-0.39, 0.29) is 16.5 Å². The Morgan fingerprint density at radius 1 is 1.30 bits per heavy atom. The van der Waals surface area contributed by atoms with Crippen LogP contribution < -0.4 is 11.1 Å². The van der Waals surface area contributed by atoms with Crippen LogP contribution in [0.3, 0.4) is 0 Å². The summed E-state index contributed by atoms with van der Waals surface area (Å²) in [5.74, 6) is -1.15. The predicted molar refractivity (Wildman–Crippen MR) is 75.3 cm³/mol. The molecule has 1 aromatic rings. The third-order valence-electron chi connectivity index (χ3n) is 2.74. The number of hydrogen-bond acceptors (Lipinski definition) is 4. The first-order chi connectivity index (χ1) is 9.14. The quantitative estimate of drug-likeness (QED) is 0.803. The highest BCUT2D eigenvalue weighted by Gasteiger charge is 2.30. The Bertz CT molecular complexity index is 579. The Labute approximate surface area is 118 Å². The first-order valence-corrected chi connectivity index (χ1v) is 7.77. The molecule has 0 saturated heterocycles. The number of amides is 1. The van der Waals surface area contributed by atoms with Crippen molar-refractivity contribution in [3.05, 3.63) is 24.0 Å². The van der Waals surface area contributed by atoms with Crippen LogP contribution in [0, 0.1) is 11.7 Å². The average Bonchev–Trinajstić information content (AvgIpc) is 2.33. The van der Waals surface area contributed by atoms with E-state index >= 15 is 0 Å². The molecule has 1 rings (SSSR count). The van der Waals surface area contributed by atoms with Crippen molar-refractivity contribution in [1.82, 2.24) is 5.32 Å². The summed E-state index contributed by atoms with van der Waals surface area (Å²) in [7, 11) is -3.96. The fraction of sp³-hybridized carbons (Fsp3) is 0.462. The van der Waals surface area contributed by atoms with Crippen LogP contribution in [0.15, 0.2) is 23.1 Å². The number of anilines is 1. The molecule has 0 aliphatic carbocycles. The van der Waals surface area contributed by atoms with Crippen molar-refractivity contribution in [3.8, 4) is 0 Å². The molecule has 3 N–H and O–H groups in total. The molecule has 0 fully saturated rings. The number of nitrogens with two attached hydrogens (primary N) is 1. The second-order valence-electron chi connectivity index (χ2n) is 5.05. The summed E-state index contributed by atoms with van der Waals surface area (Å²) in [6, 6.07) is 3.02. The average molecular weight is 302 g/mol. The molecule has 0 bridgehead atoms. The zero-order chi connectivity index (χ0) is 15.5. The van der Waals surface area contributed by atoms with E-state index in [1.54, 1.807) is 0 Å². The Hall–Kier alpha value is -1.63. The van der Waals surface area contributed by atoms with Gasteiger partial charge in [-0.05, 0) is 31.0 Å². The molecule has 0 spiro atoms. The van der Waals surface area contributed by atoms with Crippen molar-refractivity contribution in [2.24, 2.45) is 5.92 Å². The van der Waals surface area contributed by atoms with E-state index in [4.69, 9.17) is 5.73 Å². The molecule has 0 aliphatic heterocycles. The third kappa shape index (κ3) is 3.93. The fourth-order valence-corrected chi connectivity index (χ4v) is 2.89. The van der Waals surface area contributed by atoms with Gasteiger partial charge in [-0.3, -0.25) is 4.79 Å². The normalized spacial score (nSPS) is 13.2. The van der Waals surface area contributed by atoms with Crippen LogP contribution in [-0.2, 0) is 14.6 Å². The second-order valence-corrected chi connectivity index (χ2v) is 7.32. The van der Waals surface area contributed by atoms with Crippen molar-refractivity contribution in [2.45, 2.75) is 30.9 Å². The lowest BCUT2D eigenvalue weighted by molar-refractivity contribution is -0.120. The highest BCUT2D eigenvalue weighted by atomic mass is 32.2. The molecule has 0 aromatic heterocycles. The van der Waals surface area contributed by atoms with Gasteiger partial charge in [0.1, 0.15) is 11.1 Å². The standard InChI is InChI=1S/C13H19FN2O3S/c1-8(2)7-16-13(17)9(3)20(18,19)12-5-10(14)4-11(15)6-12/h4-6,8-9H,7,15H2,1-3H3,(H,16,17). The molecule has 1 aromatic carbocycles. The SMILES string of the molecule is CC(C)CNC(=O)C(C)S(=O)(=O)c1cc(N)cc(F)c1. The molecule has 20 heavy (non-hydrogen) atoms. The summed E-state index contributed by atoms with van der Waals surface area (Å²) in [6.45, 7) is 5.44. The van der Waals surface area contributed by atoms with Crippen LogP contribution in [0.5, 0.6) is 0 Å². The van der Waals surface area contributed by atoms with Gasteiger partial charge in [-0.2, -0.15) is 0 Å². The molecule has 1 unspecified atom stereocenters. The molecule has 0 heterocycles. The number of carbonyl (C=O) groups is 1. The first-order valence-electron chi connectivity index (χ1n) is 6.22. The molecule has 0 saturated carbocycles. The number of halogens is 1. The number of nitrogens with one attached hydrogen (secondary N) is 1. The maximum absolute atomic E-state index is 13.2. The lowest BCUT2D eigenvalue weighted by Gasteiger charge is -2.15. The van der Waals surface area contributed by atoms with Gasteiger partial charge in [0.2, 0.25) is 5.91 Å². The number of sulfone groups is 1. The van der Waals surface area contributed by atoms with Gasteiger partial charge in [0, 0.05) is 12.2 Å². The van der Waals surface area contributed by atoms with Gasteiger partial charge in [-0.15, -0.1) is 0 Å². The molecular formula is C13H19FN2O3S. The van der Waals surface area contributed by atoms with E-state index in [1.165, 1.54) is 6.92 Å². The maximum Gasteiger partial charge on any atom is 0.238 e. The molecule has 1 amide bonds. The summed E-state index contributed by atoms with van der Waals surface area (Å²) in [5, 5.41) is 1.24. The zero-order valence-corrected chi connectivity index (χ0v) is 12.5. The number of hydrogen-bond donors (Lipinski definition) is 2. The lowest BCUT2D eigenvalue weighted by Crippen LogP contribution is -2.39. The number of benzene rings is 1. The number of rotatable bonds is 5. The van der Waals surface area contributed by atoms with Gasteiger partial charge in [-0.25, -0.2) is 12.8 Å². The summed E-state index contributed by atoms with van der Waals surface area (Å²) in [6.07, 6.45) is 0. The number of nitrogen functional groups attached to an aromatic ring is 1. The Balaban J connectivity index is 3.00. The van der Waals surface area contributed by atoms with Gasteiger partial charge in [0.05, 0.1) is 4.90 Å². The Morgan fingerprint density at radius 2 is 1.90 bits per heavy atom. The third-order valence-corrected chi connectivity index (χ3v) is 4.78. The van der Waals surface area contributed by atoms with E-state index in [0.717, 1.165) is 18.2 Å². The van der Waals surface area contributed by atoms with Crippen molar-refractivity contribution in [3.63, 3.8) is 0 Å². The maximum atomic E-state index is 13.2. The monoisotopic (exact) mass is 302 g/mol. The summed E-state index contributed by atoms with van der Waals surface area (Å²) in [5.41, 5.74) is 5.42. The molecule has 0 radical (unpaired) electrons. The van der Waals surface area contributed by atoms with Gasteiger partial charge in [0.25, 0.3) is 0 Å². The zero-order valence-electron chi connectivity index (χ0n) is 11.7. The predicted octanol–water partition coefficient (Wildman–Crippen LogP) is 1.34. The van der Waals surface area contributed by atoms with E-state index in [2.05, 4.69) is 5.32 Å². The molecule has 112 valence electrons. The second kappa shape index (κ2) is 6.21.